The first-order chi connectivity index (χ1) is 12.4. The molecular weight excluding hydrogens is 370 g/mol. The number of ether oxygens (including phenoxy) is 1. The lowest BCUT2D eigenvalue weighted by Crippen LogP contribution is -2.27. The SMILES string of the molecule is COC(=O)c1ccc(CS(=O)(=O)NCCSCc2cccc(C)c2)cc1. The van der Waals surface area contributed by atoms with E-state index in [1.807, 2.05) is 6.07 Å². The first-order valence-electron chi connectivity index (χ1n) is 8.17. The number of benzene rings is 2. The Hall–Kier alpha value is -1.83. The number of nitrogens with one attached hydrogen (secondary N) is 1. The third kappa shape index (κ3) is 6.82. The fourth-order valence-corrected chi connectivity index (χ4v) is 4.47. The Morgan fingerprint density at radius 3 is 2.50 bits per heavy atom. The molecule has 0 spiro atoms. The minimum atomic E-state index is -3.40. The van der Waals surface area contributed by atoms with E-state index >= 15 is 0 Å². The molecule has 0 aromatic heterocycles. The minimum absolute atomic E-state index is 0.114. The third-order valence-corrected chi connectivity index (χ3v) is 6.04. The highest BCUT2D eigenvalue weighted by Crippen LogP contribution is 2.13. The van der Waals surface area contributed by atoms with Gasteiger partial charge in [0.05, 0.1) is 18.4 Å². The Morgan fingerprint density at radius 2 is 1.85 bits per heavy atom. The summed E-state index contributed by atoms with van der Waals surface area (Å²) in [4.78, 5) is 11.4. The van der Waals surface area contributed by atoms with Crippen LogP contribution in [0.5, 0.6) is 0 Å². The molecule has 0 atom stereocenters. The van der Waals surface area contributed by atoms with Crippen molar-refractivity contribution in [2.45, 2.75) is 18.4 Å². The average Bonchev–Trinajstić information content (AvgIpc) is 2.61. The zero-order valence-electron chi connectivity index (χ0n) is 14.9. The predicted octanol–water partition coefficient (Wildman–Crippen LogP) is 3.13. The highest BCUT2D eigenvalue weighted by molar-refractivity contribution is 7.98. The van der Waals surface area contributed by atoms with Crippen LogP contribution in [0.4, 0.5) is 0 Å². The smallest absolute Gasteiger partial charge is 0.337 e. The molecule has 7 heteroatoms. The van der Waals surface area contributed by atoms with Gasteiger partial charge in [-0.1, -0.05) is 42.0 Å². The van der Waals surface area contributed by atoms with Gasteiger partial charge in [-0.2, -0.15) is 11.8 Å². The van der Waals surface area contributed by atoms with Crippen LogP contribution in [0.25, 0.3) is 0 Å². The first kappa shape index (κ1) is 20.5. The van der Waals surface area contributed by atoms with Crippen molar-refractivity contribution < 1.29 is 17.9 Å². The van der Waals surface area contributed by atoms with Crippen molar-refractivity contribution in [1.82, 2.24) is 4.72 Å². The van der Waals surface area contributed by atoms with Gasteiger partial charge in [-0.25, -0.2) is 17.9 Å². The molecule has 26 heavy (non-hydrogen) atoms. The van der Waals surface area contributed by atoms with Crippen molar-refractivity contribution in [2.24, 2.45) is 0 Å². The van der Waals surface area contributed by atoms with Gasteiger partial charge in [0.1, 0.15) is 0 Å². The van der Waals surface area contributed by atoms with Gasteiger partial charge in [-0.05, 0) is 30.2 Å². The van der Waals surface area contributed by atoms with Gasteiger partial charge in [0.25, 0.3) is 0 Å². The summed E-state index contributed by atoms with van der Waals surface area (Å²) < 4.78 is 31.5. The number of thioether (sulfide) groups is 1. The largest absolute Gasteiger partial charge is 0.465 e. The minimum Gasteiger partial charge on any atom is -0.465 e. The summed E-state index contributed by atoms with van der Waals surface area (Å²) >= 11 is 1.69. The number of carbonyl (C=O) groups excluding carboxylic acids is 1. The number of sulfonamides is 1. The normalized spacial score (nSPS) is 11.3. The number of aryl methyl sites for hydroxylation is 1. The molecule has 0 radical (unpaired) electrons. The van der Waals surface area contributed by atoms with E-state index in [1.54, 1.807) is 36.0 Å². The van der Waals surface area contributed by atoms with Crippen molar-refractivity contribution in [3.63, 3.8) is 0 Å². The summed E-state index contributed by atoms with van der Waals surface area (Å²) in [5.74, 6) is 1.01. The Balaban J connectivity index is 1.75. The predicted molar refractivity (Wildman–Crippen MR) is 106 cm³/mol. The van der Waals surface area contributed by atoms with Crippen molar-refractivity contribution in [1.29, 1.82) is 0 Å². The lowest BCUT2D eigenvalue weighted by molar-refractivity contribution is 0.0600. The molecule has 0 heterocycles. The Kier molecular flexibility index (Phi) is 7.68. The van der Waals surface area contributed by atoms with Gasteiger partial charge in [-0.3, -0.25) is 0 Å². The van der Waals surface area contributed by atoms with Gasteiger partial charge in [0, 0.05) is 18.1 Å². The van der Waals surface area contributed by atoms with Gasteiger partial charge >= 0.3 is 5.97 Å². The van der Waals surface area contributed by atoms with Gasteiger partial charge in [0.2, 0.25) is 10.0 Å². The fraction of sp³-hybridized carbons (Fsp3) is 0.316. The monoisotopic (exact) mass is 393 g/mol. The second kappa shape index (κ2) is 9.75. The Morgan fingerprint density at radius 1 is 1.12 bits per heavy atom. The summed E-state index contributed by atoms with van der Waals surface area (Å²) in [6, 6.07) is 14.7. The summed E-state index contributed by atoms with van der Waals surface area (Å²) in [7, 11) is -2.10. The standard InChI is InChI=1S/C19H23NO4S2/c1-15-4-3-5-17(12-15)13-25-11-10-20-26(22,23)14-16-6-8-18(9-7-16)19(21)24-2/h3-9,12,20H,10-11,13-14H2,1-2H3. The molecule has 0 aliphatic rings. The van der Waals surface area contributed by atoms with E-state index < -0.39 is 16.0 Å². The number of hydrogen-bond donors (Lipinski definition) is 1. The summed E-state index contributed by atoms with van der Waals surface area (Å²) in [6.45, 7) is 2.44. The molecule has 140 valence electrons. The molecule has 0 saturated heterocycles. The van der Waals surface area contributed by atoms with E-state index in [0.717, 1.165) is 5.75 Å². The van der Waals surface area contributed by atoms with Crippen LogP contribution < -0.4 is 4.72 Å². The number of carbonyl (C=O) groups is 1. The Labute approximate surface area is 159 Å². The first-order valence-corrected chi connectivity index (χ1v) is 11.0. The topological polar surface area (TPSA) is 72.5 Å². The molecule has 5 nitrogen and oxygen atoms in total. The van der Waals surface area contributed by atoms with Crippen molar-refractivity contribution >= 4 is 27.8 Å². The van der Waals surface area contributed by atoms with Crippen LogP contribution in [0.1, 0.15) is 27.0 Å². The number of esters is 1. The number of hydrogen-bond acceptors (Lipinski definition) is 5. The van der Waals surface area contributed by atoms with E-state index in [0.29, 0.717) is 23.4 Å². The van der Waals surface area contributed by atoms with Crippen LogP contribution >= 0.6 is 11.8 Å². The lowest BCUT2D eigenvalue weighted by atomic mass is 10.1. The molecule has 0 bridgehead atoms. The van der Waals surface area contributed by atoms with Crippen LogP contribution in [-0.4, -0.2) is 33.8 Å². The molecule has 0 unspecified atom stereocenters. The summed E-state index contributed by atoms with van der Waals surface area (Å²) in [5.41, 5.74) is 3.48. The van der Waals surface area contributed by atoms with Crippen LogP contribution in [0.15, 0.2) is 48.5 Å². The summed E-state index contributed by atoms with van der Waals surface area (Å²) in [6.07, 6.45) is 0. The maximum absolute atomic E-state index is 12.1. The number of methoxy groups -OCH3 is 1. The van der Waals surface area contributed by atoms with Crippen molar-refractivity contribution in [2.75, 3.05) is 19.4 Å². The lowest BCUT2D eigenvalue weighted by Gasteiger charge is -2.08. The fourth-order valence-electron chi connectivity index (χ4n) is 2.39. The molecular formula is C19H23NO4S2. The highest BCUT2D eigenvalue weighted by Gasteiger charge is 2.12. The van der Waals surface area contributed by atoms with E-state index in [2.05, 4.69) is 34.6 Å². The maximum atomic E-state index is 12.1. The van der Waals surface area contributed by atoms with E-state index in [9.17, 15) is 13.2 Å². The quantitative estimate of drug-likeness (QED) is 0.523. The van der Waals surface area contributed by atoms with Gasteiger partial charge in [-0.15, -0.1) is 0 Å². The van der Waals surface area contributed by atoms with E-state index in [4.69, 9.17) is 0 Å². The molecule has 2 aromatic carbocycles. The second-order valence-corrected chi connectivity index (χ2v) is 8.80. The van der Waals surface area contributed by atoms with Gasteiger partial charge in [0.15, 0.2) is 0 Å². The average molecular weight is 394 g/mol. The molecule has 0 aliphatic heterocycles. The van der Waals surface area contributed by atoms with Crippen LogP contribution in [0.2, 0.25) is 0 Å². The molecule has 0 amide bonds. The molecule has 2 rings (SSSR count). The summed E-state index contributed by atoms with van der Waals surface area (Å²) in [5, 5.41) is 0. The van der Waals surface area contributed by atoms with E-state index in [-0.39, 0.29) is 5.75 Å². The zero-order valence-corrected chi connectivity index (χ0v) is 16.5. The molecule has 2 aromatic rings. The molecule has 0 saturated carbocycles. The number of rotatable bonds is 9. The van der Waals surface area contributed by atoms with Gasteiger partial charge < -0.3 is 4.74 Å². The van der Waals surface area contributed by atoms with Crippen LogP contribution in [-0.2, 0) is 26.3 Å². The molecule has 0 aliphatic carbocycles. The molecule has 0 fully saturated rings. The van der Waals surface area contributed by atoms with Crippen LogP contribution in [0, 0.1) is 6.92 Å². The van der Waals surface area contributed by atoms with Crippen molar-refractivity contribution in [3.8, 4) is 0 Å². The maximum Gasteiger partial charge on any atom is 0.337 e. The Bertz CT molecular complexity index is 833. The second-order valence-electron chi connectivity index (χ2n) is 5.88. The van der Waals surface area contributed by atoms with Crippen molar-refractivity contribution in [3.05, 3.63) is 70.8 Å². The third-order valence-electron chi connectivity index (χ3n) is 3.65. The van der Waals surface area contributed by atoms with E-state index in [1.165, 1.54) is 18.2 Å². The molecule has 1 N–H and O–H groups in total. The highest BCUT2D eigenvalue weighted by atomic mass is 32.2. The zero-order chi connectivity index (χ0) is 19.0. The van der Waals surface area contributed by atoms with Crippen LogP contribution in [0.3, 0.4) is 0 Å².